The van der Waals surface area contributed by atoms with Crippen LogP contribution < -0.4 is 4.74 Å². The number of hydrogen-bond acceptors (Lipinski definition) is 4. The molecule has 1 aromatic carbocycles. The van der Waals surface area contributed by atoms with E-state index in [1.54, 1.807) is 0 Å². The van der Waals surface area contributed by atoms with Crippen molar-refractivity contribution >= 4 is 5.97 Å². The van der Waals surface area contributed by atoms with Gasteiger partial charge in [0, 0.05) is 12.8 Å². The highest BCUT2D eigenvalue weighted by Gasteiger charge is 2.16. The van der Waals surface area contributed by atoms with E-state index in [-0.39, 0.29) is 6.42 Å². The van der Waals surface area contributed by atoms with Crippen LogP contribution in [-0.4, -0.2) is 16.1 Å². The lowest BCUT2D eigenvalue weighted by Crippen LogP contribution is -2.00. The number of ether oxygens (including phenoxy) is 1. The highest BCUT2D eigenvalue weighted by Crippen LogP contribution is 2.22. The summed E-state index contributed by atoms with van der Waals surface area (Å²) in [5.74, 6) is 1.58. The Morgan fingerprint density at radius 3 is 2.73 bits per heavy atom. The first-order valence-corrected chi connectivity index (χ1v) is 7.62. The predicted molar refractivity (Wildman–Crippen MR) is 79.9 cm³/mol. The molecular formula is C17H19NO4. The molecule has 0 spiro atoms. The van der Waals surface area contributed by atoms with Crippen molar-refractivity contribution < 1.29 is 19.1 Å². The van der Waals surface area contributed by atoms with Crippen molar-refractivity contribution in [2.75, 3.05) is 0 Å². The van der Waals surface area contributed by atoms with Crippen LogP contribution in [0.2, 0.25) is 0 Å². The van der Waals surface area contributed by atoms with Crippen LogP contribution in [0.25, 0.3) is 0 Å². The summed E-state index contributed by atoms with van der Waals surface area (Å²) in [5, 5.41) is 8.67. The summed E-state index contributed by atoms with van der Waals surface area (Å²) in [4.78, 5) is 15.0. The number of aryl methyl sites for hydroxylation is 3. The number of aromatic nitrogens is 1. The maximum Gasteiger partial charge on any atom is 0.303 e. The van der Waals surface area contributed by atoms with Crippen molar-refractivity contribution in [1.29, 1.82) is 0 Å². The molecule has 0 atom stereocenters. The van der Waals surface area contributed by atoms with Gasteiger partial charge in [-0.1, -0.05) is 12.1 Å². The molecule has 0 fully saturated rings. The molecule has 0 bridgehead atoms. The van der Waals surface area contributed by atoms with Gasteiger partial charge in [0.1, 0.15) is 11.5 Å². The fraction of sp³-hybridized carbons (Fsp3) is 0.412. The molecule has 22 heavy (non-hydrogen) atoms. The van der Waals surface area contributed by atoms with Crippen LogP contribution in [0.5, 0.6) is 5.75 Å². The molecule has 116 valence electrons. The Balaban J connectivity index is 1.55. The van der Waals surface area contributed by atoms with Crippen LogP contribution in [0.1, 0.15) is 42.2 Å². The quantitative estimate of drug-likeness (QED) is 0.887. The normalized spacial score (nSPS) is 13.6. The molecule has 0 aliphatic heterocycles. The van der Waals surface area contributed by atoms with E-state index in [4.69, 9.17) is 14.3 Å². The first kappa shape index (κ1) is 14.6. The van der Waals surface area contributed by atoms with Crippen LogP contribution in [0.15, 0.2) is 28.7 Å². The molecule has 1 aliphatic carbocycles. The third-order valence-corrected chi connectivity index (χ3v) is 3.80. The standard InChI is InChI=1S/C17H19NO4/c19-17(20)10-7-12-5-8-13(9-6-12)21-11-16-18-14-3-1-2-4-15(14)22-16/h5-6,8-9H,1-4,7,10-11H2,(H,19,20). The number of rotatable bonds is 6. The molecule has 0 amide bonds. The number of aliphatic carboxylic acids is 1. The van der Waals surface area contributed by atoms with Gasteiger partial charge in [0.15, 0.2) is 6.61 Å². The zero-order chi connectivity index (χ0) is 15.4. The van der Waals surface area contributed by atoms with Gasteiger partial charge in [0.2, 0.25) is 5.89 Å². The summed E-state index contributed by atoms with van der Waals surface area (Å²) < 4.78 is 11.4. The fourth-order valence-corrected chi connectivity index (χ4v) is 2.62. The number of oxazole rings is 1. The first-order valence-electron chi connectivity index (χ1n) is 7.62. The summed E-state index contributed by atoms with van der Waals surface area (Å²) in [6.45, 7) is 0.321. The van der Waals surface area contributed by atoms with Crippen molar-refractivity contribution in [2.24, 2.45) is 0 Å². The third kappa shape index (κ3) is 3.67. The third-order valence-electron chi connectivity index (χ3n) is 3.80. The molecule has 1 aromatic heterocycles. The molecule has 1 N–H and O–H groups in total. The minimum atomic E-state index is -0.784. The molecule has 1 heterocycles. The zero-order valence-corrected chi connectivity index (χ0v) is 12.4. The zero-order valence-electron chi connectivity index (χ0n) is 12.4. The number of carboxylic acid groups (broad SMARTS) is 1. The van der Waals surface area contributed by atoms with Gasteiger partial charge in [0.05, 0.1) is 5.69 Å². The van der Waals surface area contributed by atoms with Gasteiger partial charge in [0.25, 0.3) is 0 Å². The van der Waals surface area contributed by atoms with E-state index in [2.05, 4.69) is 4.98 Å². The summed E-state index contributed by atoms with van der Waals surface area (Å²) in [7, 11) is 0. The Morgan fingerprint density at radius 2 is 2.00 bits per heavy atom. The van der Waals surface area contributed by atoms with Crippen molar-refractivity contribution in [3.8, 4) is 5.75 Å². The van der Waals surface area contributed by atoms with E-state index >= 15 is 0 Å². The molecular weight excluding hydrogens is 282 g/mol. The van der Waals surface area contributed by atoms with Crippen LogP contribution in [0, 0.1) is 0 Å². The number of hydrogen-bond donors (Lipinski definition) is 1. The smallest absolute Gasteiger partial charge is 0.303 e. The largest absolute Gasteiger partial charge is 0.484 e. The van der Waals surface area contributed by atoms with Gasteiger partial charge in [-0.05, 0) is 43.4 Å². The Bertz CT molecular complexity index is 622. The number of carboxylic acids is 1. The fourth-order valence-electron chi connectivity index (χ4n) is 2.62. The van der Waals surface area contributed by atoms with Gasteiger partial charge in [-0.3, -0.25) is 4.79 Å². The number of fused-ring (bicyclic) bond motifs is 1. The second kappa shape index (κ2) is 6.64. The maximum atomic E-state index is 10.5. The number of nitrogens with zero attached hydrogens (tertiary/aromatic N) is 1. The molecule has 0 saturated carbocycles. The van der Waals surface area contributed by atoms with Crippen molar-refractivity contribution in [1.82, 2.24) is 4.98 Å². The Labute approximate surface area is 128 Å². The molecule has 1 aliphatic rings. The second-order valence-corrected chi connectivity index (χ2v) is 5.51. The Kier molecular flexibility index (Phi) is 4.42. The highest BCUT2D eigenvalue weighted by atomic mass is 16.5. The Morgan fingerprint density at radius 1 is 1.23 bits per heavy atom. The lowest BCUT2D eigenvalue weighted by molar-refractivity contribution is -0.136. The lowest BCUT2D eigenvalue weighted by Gasteiger charge is -2.05. The monoisotopic (exact) mass is 301 g/mol. The van der Waals surface area contributed by atoms with Gasteiger partial charge >= 0.3 is 5.97 Å². The van der Waals surface area contributed by atoms with Crippen LogP contribution >= 0.6 is 0 Å². The van der Waals surface area contributed by atoms with Crippen LogP contribution in [0.4, 0.5) is 0 Å². The summed E-state index contributed by atoms with van der Waals surface area (Å²) >= 11 is 0. The molecule has 5 nitrogen and oxygen atoms in total. The minimum absolute atomic E-state index is 0.141. The van der Waals surface area contributed by atoms with E-state index < -0.39 is 5.97 Å². The molecule has 0 radical (unpaired) electrons. The van der Waals surface area contributed by atoms with Gasteiger partial charge < -0.3 is 14.3 Å². The summed E-state index contributed by atoms with van der Waals surface area (Å²) in [6, 6.07) is 7.47. The molecule has 3 rings (SSSR count). The highest BCUT2D eigenvalue weighted by molar-refractivity contribution is 5.67. The molecule has 0 saturated heterocycles. The van der Waals surface area contributed by atoms with Gasteiger partial charge in [-0.2, -0.15) is 0 Å². The van der Waals surface area contributed by atoms with Crippen molar-refractivity contribution in [3.63, 3.8) is 0 Å². The van der Waals surface area contributed by atoms with E-state index in [0.29, 0.717) is 18.9 Å². The van der Waals surface area contributed by atoms with E-state index in [0.717, 1.165) is 35.6 Å². The molecule has 0 unspecified atom stereocenters. The minimum Gasteiger partial charge on any atom is -0.484 e. The van der Waals surface area contributed by atoms with Crippen LogP contribution in [-0.2, 0) is 30.7 Å². The predicted octanol–water partition coefficient (Wildman–Crippen LogP) is 3.15. The maximum absolute atomic E-state index is 10.5. The van der Waals surface area contributed by atoms with Gasteiger partial charge in [-0.15, -0.1) is 0 Å². The van der Waals surface area contributed by atoms with E-state index in [1.165, 1.54) is 12.8 Å². The second-order valence-electron chi connectivity index (χ2n) is 5.51. The summed E-state index contributed by atoms with van der Waals surface area (Å²) in [6.07, 6.45) is 4.99. The van der Waals surface area contributed by atoms with Gasteiger partial charge in [-0.25, -0.2) is 4.98 Å². The van der Waals surface area contributed by atoms with Crippen LogP contribution in [0.3, 0.4) is 0 Å². The average Bonchev–Trinajstić information content (AvgIpc) is 2.95. The summed E-state index contributed by atoms with van der Waals surface area (Å²) in [5.41, 5.74) is 2.07. The van der Waals surface area contributed by atoms with E-state index in [1.807, 2.05) is 24.3 Å². The van der Waals surface area contributed by atoms with E-state index in [9.17, 15) is 4.79 Å². The topological polar surface area (TPSA) is 72.6 Å². The Hall–Kier alpha value is -2.30. The number of carbonyl (C=O) groups is 1. The molecule has 5 heteroatoms. The first-order chi connectivity index (χ1) is 10.7. The van der Waals surface area contributed by atoms with Crippen molar-refractivity contribution in [2.45, 2.75) is 45.1 Å². The SMILES string of the molecule is O=C(O)CCc1ccc(OCc2nc3c(o2)CCCC3)cc1. The van der Waals surface area contributed by atoms with Crippen molar-refractivity contribution in [3.05, 3.63) is 47.2 Å². The molecule has 2 aromatic rings. The average molecular weight is 301 g/mol. The lowest BCUT2D eigenvalue weighted by atomic mass is 10.0. The number of benzene rings is 1.